The Hall–Kier alpha value is -3.09. The van der Waals surface area contributed by atoms with E-state index in [2.05, 4.69) is 15.4 Å². The van der Waals surface area contributed by atoms with E-state index in [0.29, 0.717) is 39.4 Å². The van der Waals surface area contributed by atoms with Crippen LogP contribution in [0.25, 0.3) is 17.1 Å². The molecular formula is C21H16Cl2N4O2. The highest BCUT2D eigenvalue weighted by atomic mass is 35.5. The van der Waals surface area contributed by atoms with Gasteiger partial charge < -0.3 is 9.73 Å². The molecule has 0 radical (unpaired) electrons. The minimum atomic E-state index is -0.302. The average molecular weight is 427 g/mol. The maximum atomic E-state index is 12.9. The number of nitrogens with zero attached hydrogens (tertiary/aromatic N) is 3. The Balaban J connectivity index is 1.71. The van der Waals surface area contributed by atoms with Crippen LogP contribution in [-0.2, 0) is 6.54 Å². The molecule has 0 saturated heterocycles. The molecule has 4 aromatic rings. The third-order valence-electron chi connectivity index (χ3n) is 4.24. The number of furan rings is 1. The lowest BCUT2D eigenvalue weighted by molar-refractivity contribution is 0.0942. The SMILES string of the molecule is Cc1ccc(-c2cc(C(=O)NCc3ccccn3)n(-c3ccc(Cl)c(Cl)c3)n2)o1. The van der Waals surface area contributed by atoms with Crippen molar-refractivity contribution in [1.29, 1.82) is 0 Å². The lowest BCUT2D eigenvalue weighted by Crippen LogP contribution is -2.25. The summed E-state index contributed by atoms with van der Waals surface area (Å²) < 4.78 is 7.18. The van der Waals surface area contributed by atoms with Gasteiger partial charge in [0.1, 0.15) is 17.1 Å². The second-order valence-corrected chi connectivity index (χ2v) is 7.15. The molecule has 6 nitrogen and oxygen atoms in total. The standard InChI is InChI=1S/C21H16Cl2N4O2/c1-13-5-8-20(29-13)18-11-19(21(28)25-12-14-4-2-3-9-24-14)27(26-18)15-6-7-16(22)17(23)10-15/h2-11H,12H2,1H3,(H,25,28). The lowest BCUT2D eigenvalue weighted by Gasteiger charge is -2.09. The number of halogens is 2. The second-order valence-electron chi connectivity index (χ2n) is 6.34. The van der Waals surface area contributed by atoms with E-state index in [4.69, 9.17) is 27.6 Å². The fraction of sp³-hybridized carbons (Fsp3) is 0.0952. The van der Waals surface area contributed by atoms with E-state index < -0.39 is 0 Å². The third-order valence-corrected chi connectivity index (χ3v) is 4.98. The molecule has 0 atom stereocenters. The third kappa shape index (κ3) is 4.18. The summed E-state index contributed by atoms with van der Waals surface area (Å²) in [6, 6.07) is 15.9. The van der Waals surface area contributed by atoms with Crippen LogP contribution in [0.15, 0.2) is 65.2 Å². The molecule has 0 saturated carbocycles. The van der Waals surface area contributed by atoms with Gasteiger partial charge in [-0.15, -0.1) is 0 Å². The zero-order valence-corrected chi connectivity index (χ0v) is 16.9. The van der Waals surface area contributed by atoms with Crippen LogP contribution in [0.1, 0.15) is 21.9 Å². The zero-order valence-electron chi connectivity index (χ0n) is 15.4. The molecule has 1 aromatic carbocycles. The van der Waals surface area contributed by atoms with Crippen LogP contribution < -0.4 is 5.32 Å². The Kier molecular flexibility index (Phi) is 5.38. The molecular weight excluding hydrogens is 411 g/mol. The van der Waals surface area contributed by atoms with E-state index in [9.17, 15) is 4.79 Å². The number of pyridine rings is 1. The highest BCUT2D eigenvalue weighted by Gasteiger charge is 2.19. The molecule has 4 rings (SSSR count). The molecule has 146 valence electrons. The number of hydrogen-bond donors (Lipinski definition) is 1. The van der Waals surface area contributed by atoms with Gasteiger partial charge in [0.25, 0.3) is 5.91 Å². The summed E-state index contributed by atoms with van der Waals surface area (Å²) in [5.74, 6) is 1.02. The quantitative estimate of drug-likeness (QED) is 0.483. The summed E-state index contributed by atoms with van der Waals surface area (Å²) in [6.07, 6.45) is 1.68. The Morgan fingerprint density at radius 3 is 2.66 bits per heavy atom. The van der Waals surface area contributed by atoms with Crippen LogP contribution in [-0.4, -0.2) is 20.7 Å². The molecule has 0 aliphatic heterocycles. The zero-order chi connectivity index (χ0) is 20.4. The number of aromatic nitrogens is 3. The lowest BCUT2D eigenvalue weighted by atomic mass is 10.2. The van der Waals surface area contributed by atoms with E-state index in [1.165, 1.54) is 4.68 Å². The smallest absolute Gasteiger partial charge is 0.270 e. The van der Waals surface area contributed by atoms with E-state index in [1.807, 2.05) is 37.3 Å². The first kappa shape index (κ1) is 19.2. The highest BCUT2D eigenvalue weighted by molar-refractivity contribution is 6.42. The van der Waals surface area contributed by atoms with Crippen LogP contribution >= 0.6 is 23.2 Å². The van der Waals surface area contributed by atoms with Crippen LogP contribution in [0.3, 0.4) is 0 Å². The number of amides is 1. The van der Waals surface area contributed by atoms with Gasteiger partial charge in [-0.05, 0) is 49.4 Å². The first-order chi connectivity index (χ1) is 14.0. The van der Waals surface area contributed by atoms with E-state index in [1.54, 1.807) is 30.5 Å². The predicted octanol–water partition coefficient (Wildman–Crippen LogP) is 5.07. The molecule has 0 aliphatic rings. The fourth-order valence-corrected chi connectivity index (χ4v) is 3.11. The summed E-state index contributed by atoms with van der Waals surface area (Å²) in [5, 5.41) is 8.22. The molecule has 1 amide bonds. The molecule has 8 heteroatoms. The maximum absolute atomic E-state index is 12.9. The molecule has 0 spiro atoms. The number of rotatable bonds is 5. The van der Waals surface area contributed by atoms with Gasteiger partial charge in [0.05, 0.1) is 28.0 Å². The van der Waals surface area contributed by atoms with Gasteiger partial charge in [0.15, 0.2) is 5.76 Å². The van der Waals surface area contributed by atoms with E-state index in [-0.39, 0.29) is 5.91 Å². The molecule has 3 heterocycles. The molecule has 0 bridgehead atoms. The minimum absolute atomic E-state index is 0.293. The number of carbonyl (C=O) groups is 1. The van der Waals surface area contributed by atoms with E-state index >= 15 is 0 Å². The number of benzene rings is 1. The van der Waals surface area contributed by atoms with Gasteiger partial charge in [-0.25, -0.2) is 4.68 Å². The average Bonchev–Trinajstić information content (AvgIpc) is 3.35. The van der Waals surface area contributed by atoms with Crippen molar-refractivity contribution in [3.8, 4) is 17.1 Å². The molecule has 29 heavy (non-hydrogen) atoms. The Morgan fingerprint density at radius 2 is 1.97 bits per heavy atom. The first-order valence-corrected chi connectivity index (χ1v) is 9.57. The number of aryl methyl sites for hydroxylation is 1. The first-order valence-electron chi connectivity index (χ1n) is 8.81. The molecule has 3 aromatic heterocycles. The maximum Gasteiger partial charge on any atom is 0.270 e. The topological polar surface area (TPSA) is 73.0 Å². The summed E-state index contributed by atoms with van der Waals surface area (Å²) in [5.41, 5.74) is 2.23. The van der Waals surface area contributed by atoms with Crippen molar-refractivity contribution >= 4 is 29.1 Å². The highest BCUT2D eigenvalue weighted by Crippen LogP contribution is 2.27. The minimum Gasteiger partial charge on any atom is -0.460 e. The monoisotopic (exact) mass is 426 g/mol. The summed E-state index contributed by atoms with van der Waals surface area (Å²) in [4.78, 5) is 17.1. The molecule has 0 fully saturated rings. The van der Waals surface area contributed by atoms with Crippen molar-refractivity contribution in [2.75, 3.05) is 0 Å². The van der Waals surface area contributed by atoms with Crippen LogP contribution in [0, 0.1) is 6.92 Å². The van der Waals surface area contributed by atoms with E-state index in [0.717, 1.165) is 11.5 Å². The largest absolute Gasteiger partial charge is 0.460 e. The Morgan fingerprint density at radius 1 is 1.10 bits per heavy atom. The summed E-state index contributed by atoms with van der Waals surface area (Å²) >= 11 is 12.2. The Bertz CT molecular complexity index is 1170. The van der Waals surface area contributed by atoms with Crippen molar-refractivity contribution in [3.63, 3.8) is 0 Å². The molecule has 0 unspecified atom stereocenters. The van der Waals surface area contributed by atoms with Crippen LogP contribution in [0.5, 0.6) is 0 Å². The normalized spacial score (nSPS) is 10.9. The van der Waals surface area contributed by atoms with Crippen LogP contribution in [0.4, 0.5) is 0 Å². The number of hydrogen-bond acceptors (Lipinski definition) is 4. The van der Waals surface area contributed by atoms with Gasteiger partial charge in [-0.3, -0.25) is 9.78 Å². The van der Waals surface area contributed by atoms with Crippen LogP contribution in [0.2, 0.25) is 10.0 Å². The Labute approximate surface area is 177 Å². The molecule has 0 aliphatic carbocycles. The summed E-state index contributed by atoms with van der Waals surface area (Å²) in [6.45, 7) is 2.14. The van der Waals surface area contributed by atoms with Crippen molar-refractivity contribution in [2.24, 2.45) is 0 Å². The number of nitrogens with one attached hydrogen (secondary N) is 1. The van der Waals surface area contributed by atoms with Gasteiger partial charge in [-0.2, -0.15) is 5.10 Å². The molecule has 1 N–H and O–H groups in total. The van der Waals surface area contributed by atoms with Crippen molar-refractivity contribution < 1.29 is 9.21 Å². The van der Waals surface area contributed by atoms with Gasteiger partial charge >= 0.3 is 0 Å². The van der Waals surface area contributed by atoms with Gasteiger partial charge in [0, 0.05) is 12.3 Å². The number of carbonyl (C=O) groups excluding carboxylic acids is 1. The van der Waals surface area contributed by atoms with Crippen molar-refractivity contribution in [3.05, 3.63) is 88.0 Å². The second kappa shape index (κ2) is 8.11. The van der Waals surface area contributed by atoms with Gasteiger partial charge in [-0.1, -0.05) is 29.3 Å². The van der Waals surface area contributed by atoms with Crippen molar-refractivity contribution in [1.82, 2.24) is 20.1 Å². The van der Waals surface area contributed by atoms with Crippen molar-refractivity contribution in [2.45, 2.75) is 13.5 Å². The predicted molar refractivity (Wildman–Crippen MR) is 111 cm³/mol. The summed E-state index contributed by atoms with van der Waals surface area (Å²) in [7, 11) is 0. The fourth-order valence-electron chi connectivity index (χ4n) is 2.81. The van der Waals surface area contributed by atoms with Gasteiger partial charge in [0.2, 0.25) is 0 Å².